The molecule has 0 aliphatic carbocycles. The van der Waals surface area contributed by atoms with Crippen molar-refractivity contribution >= 4 is 33.8 Å². The molecule has 1 heterocycles. The van der Waals surface area contributed by atoms with Crippen LogP contribution in [0.4, 0.5) is 13.2 Å². The number of alkyl halides is 3. The first kappa shape index (κ1) is 24.2. The number of hydrazone groups is 1. The quantitative estimate of drug-likeness (QED) is 0.299. The maximum absolute atomic E-state index is 13.2. The second-order valence-corrected chi connectivity index (χ2v) is 8.53. The third kappa shape index (κ3) is 6.77. The number of rotatable bonds is 7. The van der Waals surface area contributed by atoms with Gasteiger partial charge in [-0.2, -0.15) is 26.7 Å². The zero-order valence-electron chi connectivity index (χ0n) is 16.6. The number of benzene rings is 2. The first-order valence-electron chi connectivity index (χ1n) is 9.17. The molecule has 1 amide bonds. The third-order valence-electron chi connectivity index (χ3n) is 4.09. The molecule has 0 aliphatic rings. The number of carbonyl (C=O) groups is 1. The summed E-state index contributed by atoms with van der Waals surface area (Å²) in [7, 11) is -4.54. The monoisotopic (exact) mass is 497 g/mol. The molecule has 0 spiro atoms. The van der Waals surface area contributed by atoms with E-state index in [1.54, 1.807) is 24.3 Å². The van der Waals surface area contributed by atoms with Crippen LogP contribution < -0.4 is 9.61 Å². The van der Waals surface area contributed by atoms with Crippen LogP contribution in [-0.2, 0) is 27.5 Å². The Labute approximate surface area is 192 Å². The molecule has 172 valence electrons. The lowest BCUT2D eigenvalue weighted by molar-refractivity contribution is -0.137. The van der Waals surface area contributed by atoms with Gasteiger partial charge >= 0.3 is 16.3 Å². The van der Waals surface area contributed by atoms with Crippen LogP contribution in [0.2, 0.25) is 5.02 Å². The van der Waals surface area contributed by atoms with Gasteiger partial charge in [-0.3, -0.25) is 9.78 Å². The van der Waals surface area contributed by atoms with Gasteiger partial charge in [-0.1, -0.05) is 23.7 Å². The van der Waals surface area contributed by atoms with Crippen molar-refractivity contribution in [2.45, 2.75) is 17.5 Å². The summed E-state index contributed by atoms with van der Waals surface area (Å²) < 4.78 is 69.7. The maximum atomic E-state index is 13.2. The minimum absolute atomic E-state index is 0.101. The average Bonchev–Trinajstić information content (AvgIpc) is 2.73. The van der Waals surface area contributed by atoms with E-state index in [1.165, 1.54) is 18.3 Å². The van der Waals surface area contributed by atoms with E-state index < -0.39 is 38.2 Å². The topological polar surface area (TPSA) is 97.7 Å². The van der Waals surface area contributed by atoms with E-state index in [0.717, 1.165) is 18.5 Å². The minimum Gasteiger partial charge on any atom is -0.377 e. The number of amides is 1. The number of nitrogens with one attached hydrogen (secondary N) is 1. The molecule has 33 heavy (non-hydrogen) atoms. The number of aromatic nitrogens is 1. The molecule has 0 saturated heterocycles. The average molecular weight is 498 g/mol. The van der Waals surface area contributed by atoms with E-state index in [2.05, 4.69) is 15.5 Å². The Morgan fingerprint density at radius 2 is 1.94 bits per heavy atom. The zero-order chi connectivity index (χ0) is 24.1. The highest BCUT2D eigenvalue weighted by molar-refractivity contribution is 7.87. The summed E-state index contributed by atoms with van der Waals surface area (Å²) in [5.41, 5.74) is 1.20. The molecule has 0 unspecified atom stereocenters. The molecule has 2 aromatic carbocycles. The van der Waals surface area contributed by atoms with Crippen LogP contribution >= 0.6 is 11.6 Å². The second kappa shape index (κ2) is 10.0. The molecule has 0 bridgehead atoms. The van der Waals surface area contributed by atoms with Crippen LogP contribution in [0.25, 0.3) is 0 Å². The fourth-order valence-electron chi connectivity index (χ4n) is 2.67. The van der Waals surface area contributed by atoms with E-state index >= 15 is 0 Å². The Balaban J connectivity index is 1.86. The van der Waals surface area contributed by atoms with Crippen LogP contribution in [0.15, 0.2) is 77.0 Å². The summed E-state index contributed by atoms with van der Waals surface area (Å²) in [5.74, 6) is -0.716. The van der Waals surface area contributed by atoms with Crippen molar-refractivity contribution < 1.29 is 30.6 Å². The first-order valence-corrected chi connectivity index (χ1v) is 11.0. The minimum atomic E-state index is -4.73. The molecule has 12 heteroatoms. The van der Waals surface area contributed by atoms with E-state index in [-0.39, 0.29) is 12.2 Å². The number of halogens is 4. The lowest BCUT2D eigenvalue weighted by atomic mass is 10.1. The molecular weight excluding hydrogens is 483 g/mol. The number of carbonyl (C=O) groups excluding carboxylic acids is 1. The second-order valence-electron chi connectivity index (χ2n) is 6.58. The van der Waals surface area contributed by atoms with Gasteiger partial charge in [0.15, 0.2) is 5.75 Å². The fourth-order valence-corrected chi connectivity index (χ4v) is 3.96. The Kier molecular flexibility index (Phi) is 7.34. The summed E-state index contributed by atoms with van der Waals surface area (Å²) in [4.78, 5) is 15.2. The van der Waals surface area contributed by atoms with Crippen LogP contribution in [0.1, 0.15) is 16.7 Å². The lowest BCUT2D eigenvalue weighted by Gasteiger charge is -2.12. The molecule has 0 radical (unpaired) electrons. The van der Waals surface area contributed by atoms with Crippen LogP contribution in [0.3, 0.4) is 0 Å². The van der Waals surface area contributed by atoms with Crippen molar-refractivity contribution in [1.29, 1.82) is 0 Å². The van der Waals surface area contributed by atoms with Gasteiger partial charge in [0, 0.05) is 16.8 Å². The van der Waals surface area contributed by atoms with Crippen LogP contribution in [0, 0.1) is 0 Å². The number of hydrogen-bond donors (Lipinski definition) is 1. The first-order chi connectivity index (χ1) is 15.5. The zero-order valence-corrected chi connectivity index (χ0v) is 18.2. The largest absolute Gasteiger partial charge is 0.416 e. The van der Waals surface area contributed by atoms with Crippen molar-refractivity contribution in [2.24, 2.45) is 5.10 Å². The molecule has 3 rings (SSSR count). The van der Waals surface area contributed by atoms with Gasteiger partial charge in [-0.25, -0.2) is 5.43 Å². The van der Waals surface area contributed by atoms with Gasteiger partial charge < -0.3 is 4.18 Å². The highest BCUT2D eigenvalue weighted by Gasteiger charge is 2.32. The summed E-state index contributed by atoms with van der Waals surface area (Å²) in [6.07, 6.45) is -1.52. The van der Waals surface area contributed by atoms with Gasteiger partial charge in [0.1, 0.15) is 4.90 Å². The highest BCUT2D eigenvalue weighted by Crippen LogP contribution is 2.32. The molecule has 1 N–H and O–H groups in total. The molecule has 7 nitrogen and oxygen atoms in total. The molecule has 0 atom stereocenters. The van der Waals surface area contributed by atoms with E-state index in [1.807, 2.05) is 0 Å². The standard InChI is InChI=1S/C21H15ClF3N3O4S/c22-17-4-1-3-14(9-17)10-20(29)28-27-12-15-11-16(21(23,24)25)6-7-19(15)33(30,31)32-18-5-2-8-26-13-18/h1-9,11-13H,10H2,(H,28,29)/b27-12+. The van der Waals surface area contributed by atoms with Gasteiger partial charge in [0.2, 0.25) is 5.91 Å². The van der Waals surface area contributed by atoms with Crippen molar-refractivity contribution in [1.82, 2.24) is 10.4 Å². The van der Waals surface area contributed by atoms with E-state index in [9.17, 15) is 26.4 Å². The van der Waals surface area contributed by atoms with Gasteiger partial charge in [0.05, 0.1) is 24.4 Å². The van der Waals surface area contributed by atoms with Crippen molar-refractivity contribution in [3.05, 3.63) is 88.7 Å². The molecule has 3 aromatic rings. The molecule has 0 aliphatic heterocycles. The SMILES string of the molecule is O=C(Cc1cccc(Cl)c1)N/N=C/c1cc(C(F)(F)F)ccc1S(=O)(=O)Oc1cccnc1. The highest BCUT2D eigenvalue weighted by atomic mass is 35.5. The van der Waals surface area contributed by atoms with Crippen LogP contribution in [-0.4, -0.2) is 25.5 Å². The normalized spacial score (nSPS) is 12.0. The Morgan fingerprint density at radius 1 is 1.15 bits per heavy atom. The van der Waals surface area contributed by atoms with Gasteiger partial charge in [0.25, 0.3) is 0 Å². The van der Waals surface area contributed by atoms with E-state index in [4.69, 9.17) is 15.8 Å². The summed E-state index contributed by atoms with van der Waals surface area (Å²) >= 11 is 5.86. The molecule has 0 fully saturated rings. The molecule has 0 saturated carbocycles. The van der Waals surface area contributed by atoms with Gasteiger partial charge in [-0.15, -0.1) is 0 Å². The van der Waals surface area contributed by atoms with E-state index in [0.29, 0.717) is 22.7 Å². The molecular formula is C21H15ClF3N3O4S. The summed E-state index contributed by atoms with van der Waals surface area (Å²) in [6.45, 7) is 0. The lowest BCUT2D eigenvalue weighted by Crippen LogP contribution is -2.20. The Morgan fingerprint density at radius 3 is 2.61 bits per heavy atom. The number of hydrogen-bond acceptors (Lipinski definition) is 6. The van der Waals surface area contributed by atoms with Gasteiger partial charge in [-0.05, 0) is 48.0 Å². The Hall–Kier alpha value is -3.44. The smallest absolute Gasteiger partial charge is 0.377 e. The Bertz CT molecular complexity index is 1280. The number of nitrogens with zero attached hydrogens (tertiary/aromatic N) is 2. The van der Waals surface area contributed by atoms with Crippen LogP contribution in [0.5, 0.6) is 5.75 Å². The maximum Gasteiger partial charge on any atom is 0.416 e. The van der Waals surface area contributed by atoms with Crippen molar-refractivity contribution in [3.8, 4) is 5.75 Å². The summed E-state index contributed by atoms with van der Waals surface area (Å²) in [5, 5.41) is 4.03. The predicted molar refractivity (Wildman–Crippen MR) is 114 cm³/mol. The molecule has 1 aromatic heterocycles. The summed E-state index contributed by atoms with van der Waals surface area (Å²) in [6, 6.07) is 11.2. The third-order valence-corrected chi connectivity index (χ3v) is 5.65. The number of pyridine rings is 1. The van der Waals surface area contributed by atoms with Crippen molar-refractivity contribution in [3.63, 3.8) is 0 Å². The predicted octanol–water partition coefficient (Wildman–Crippen LogP) is 4.21. The van der Waals surface area contributed by atoms with Crippen molar-refractivity contribution in [2.75, 3.05) is 0 Å². The fraction of sp³-hybridized carbons (Fsp3) is 0.0952.